The van der Waals surface area contributed by atoms with Gasteiger partial charge in [-0.05, 0) is 60.4 Å². The molecule has 3 saturated heterocycles. The van der Waals surface area contributed by atoms with Gasteiger partial charge in [0.25, 0.3) is 5.91 Å². The number of anilines is 1. The van der Waals surface area contributed by atoms with Gasteiger partial charge in [0.15, 0.2) is 24.0 Å². The average Bonchev–Trinajstić information content (AvgIpc) is 3.33. The molecule has 2 saturated carbocycles. The van der Waals surface area contributed by atoms with Crippen molar-refractivity contribution >= 4 is 34.2 Å². The van der Waals surface area contributed by atoms with Gasteiger partial charge in [-0.15, -0.1) is 0 Å². The summed E-state index contributed by atoms with van der Waals surface area (Å²) in [5.41, 5.74) is 0.763. The van der Waals surface area contributed by atoms with E-state index in [0.717, 1.165) is 60.6 Å². The zero-order valence-corrected chi connectivity index (χ0v) is 20.3. The molecule has 1 amide bonds. The largest absolute Gasteiger partial charge is 0.341 e. The fourth-order valence-electron chi connectivity index (χ4n) is 5.93. The van der Waals surface area contributed by atoms with E-state index in [-0.39, 0.29) is 18.1 Å². The van der Waals surface area contributed by atoms with E-state index >= 15 is 0 Å². The second-order valence-corrected chi connectivity index (χ2v) is 10.9. The van der Waals surface area contributed by atoms with Crippen LogP contribution >= 0.6 is 22.6 Å². The number of para-hydroxylation sites is 1. The van der Waals surface area contributed by atoms with Gasteiger partial charge in [0.05, 0.1) is 5.69 Å². The average molecular weight is 555 g/mol. The summed E-state index contributed by atoms with van der Waals surface area (Å²) in [5, 5.41) is 3.03. The van der Waals surface area contributed by atoms with Gasteiger partial charge in [-0.2, -0.15) is 0 Å². The van der Waals surface area contributed by atoms with Gasteiger partial charge < -0.3 is 29.0 Å². The van der Waals surface area contributed by atoms with Crippen LogP contribution in [0.4, 0.5) is 5.69 Å². The highest BCUT2D eigenvalue weighted by Crippen LogP contribution is 2.51. The molecule has 2 aliphatic carbocycles. The molecule has 0 aromatic heterocycles. The molecule has 0 unspecified atom stereocenters. The molecule has 8 heteroatoms. The summed E-state index contributed by atoms with van der Waals surface area (Å²) in [7, 11) is 0. The van der Waals surface area contributed by atoms with Crippen molar-refractivity contribution in [2.45, 2.75) is 106 Å². The van der Waals surface area contributed by atoms with E-state index in [0.29, 0.717) is 0 Å². The molecule has 5 fully saturated rings. The van der Waals surface area contributed by atoms with Gasteiger partial charge in [-0.3, -0.25) is 4.79 Å². The van der Waals surface area contributed by atoms with Crippen molar-refractivity contribution in [3.8, 4) is 0 Å². The standard InChI is InChI=1S/C24H30INO6/c25-15-9-3-4-10-16(15)26-21(27)19-17-18(30-23(29-17)11-5-1-6-12-23)20-22(28-19)32-24(31-20)13-7-2-8-14-24/h3-4,9-10,17-20,22H,1-2,5-8,11-14H2,(H,26,27)/t17-,18-,19-,20-,22-/m1/s1. The second-order valence-electron chi connectivity index (χ2n) is 9.70. The highest BCUT2D eigenvalue weighted by molar-refractivity contribution is 14.1. The predicted octanol–water partition coefficient (Wildman–Crippen LogP) is 4.47. The number of carbonyl (C=O) groups is 1. The van der Waals surface area contributed by atoms with Gasteiger partial charge in [-0.1, -0.05) is 25.0 Å². The number of ether oxygens (including phenoxy) is 5. The van der Waals surface area contributed by atoms with Crippen LogP contribution in [0.2, 0.25) is 0 Å². The van der Waals surface area contributed by atoms with Crippen molar-refractivity contribution in [3.05, 3.63) is 27.8 Å². The van der Waals surface area contributed by atoms with E-state index in [9.17, 15) is 4.79 Å². The summed E-state index contributed by atoms with van der Waals surface area (Å²) >= 11 is 2.22. The molecule has 3 aliphatic heterocycles. The van der Waals surface area contributed by atoms with Crippen molar-refractivity contribution in [1.82, 2.24) is 0 Å². The molecular weight excluding hydrogens is 525 g/mol. The molecule has 1 aromatic rings. The first-order valence-electron chi connectivity index (χ1n) is 12.0. The van der Waals surface area contributed by atoms with E-state index < -0.39 is 30.1 Å². The maximum Gasteiger partial charge on any atom is 0.256 e. The quantitative estimate of drug-likeness (QED) is 0.543. The Bertz CT molecular complexity index is 868. The Kier molecular flexibility index (Phi) is 5.75. The second kappa shape index (κ2) is 8.46. The number of hydrogen-bond donors (Lipinski definition) is 1. The molecule has 3 heterocycles. The van der Waals surface area contributed by atoms with E-state index in [1.54, 1.807) is 0 Å². The Morgan fingerprint density at radius 2 is 1.41 bits per heavy atom. The van der Waals surface area contributed by atoms with Gasteiger partial charge in [0.2, 0.25) is 0 Å². The van der Waals surface area contributed by atoms with Crippen LogP contribution in [0.3, 0.4) is 0 Å². The van der Waals surface area contributed by atoms with Crippen LogP contribution in [-0.4, -0.2) is 48.2 Å². The SMILES string of the molecule is O=C(Nc1ccccc1I)[C@@H]1O[C@@H]2OC3(CCCCC3)O[C@@H]2[C@@H]2OC3(CCCCC3)O[C@H]21. The first-order chi connectivity index (χ1) is 15.6. The van der Waals surface area contributed by atoms with E-state index in [1.165, 1.54) is 12.8 Å². The number of hydrogen-bond acceptors (Lipinski definition) is 6. The number of nitrogens with one attached hydrogen (secondary N) is 1. The molecule has 2 spiro atoms. The molecule has 7 nitrogen and oxygen atoms in total. The maximum absolute atomic E-state index is 13.4. The third kappa shape index (κ3) is 3.80. The van der Waals surface area contributed by atoms with Crippen molar-refractivity contribution in [1.29, 1.82) is 0 Å². The molecule has 5 aliphatic rings. The van der Waals surface area contributed by atoms with Gasteiger partial charge >= 0.3 is 0 Å². The summed E-state index contributed by atoms with van der Waals surface area (Å²) in [6.45, 7) is 0. The monoisotopic (exact) mass is 555 g/mol. The molecule has 1 N–H and O–H groups in total. The topological polar surface area (TPSA) is 75.3 Å². The maximum atomic E-state index is 13.4. The first kappa shape index (κ1) is 21.7. The lowest BCUT2D eigenvalue weighted by Gasteiger charge is -2.36. The van der Waals surface area contributed by atoms with Crippen molar-refractivity contribution in [2.24, 2.45) is 0 Å². The Balaban J connectivity index is 1.28. The predicted molar refractivity (Wildman–Crippen MR) is 124 cm³/mol. The van der Waals surface area contributed by atoms with Crippen LogP contribution in [0.15, 0.2) is 24.3 Å². The van der Waals surface area contributed by atoms with E-state index in [1.807, 2.05) is 24.3 Å². The normalized spacial score (nSPS) is 37.2. The Hall–Kier alpha value is -0.780. The molecule has 174 valence electrons. The fourth-order valence-corrected chi connectivity index (χ4v) is 6.46. The van der Waals surface area contributed by atoms with Crippen molar-refractivity contribution in [2.75, 3.05) is 5.32 Å². The third-order valence-electron chi connectivity index (χ3n) is 7.50. The minimum atomic E-state index is -0.819. The number of benzene rings is 1. The molecule has 6 rings (SSSR count). The molecule has 0 radical (unpaired) electrons. The smallest absolute Gasteiger partial charge is 0.256 e. The number of rotatable bonds is 2. The third-order valence-corrected chi connectivity index (χ3v) is 8.44. The Morgan fingerprint density at radius 3 is 2.09 bits per heavy atom. The van der Waals surface area contributed by atoms with Gasteiger partial charge in [-0.25, -0.2) is 0 Å². The van der Waals surface area contributed by atoms with Crippen LogP contribution in [0.25, 0.3) is 0 Å². The van der Waals surface area contributed by atoms with Crippen molar-refractivity contribution in [3.63, 3.8) is 0 Å². The number of amides is 1. The number of halogens is 1. The van der Waals surface area contributed by atoms with Crippen molar-refractivity contribution < 1.29 is 28.5 Å². The fraction of sp³-hybridized carbons (Fsp3) is 0.708. The summed E-state index contributed by atoms with van der Waals surface area (Å²) in [6, 6.07) is 7.71. The minimum absolute atomic E-state index is 0.229. The zero-order chi connectivity index (χ0) is 21.8. The van der Waals surface area contributed by atoms with Crippen LogP contribution in [0.5, 0.6) is 0 Å². The summed E-state index contributed by atoms with van der Waals surface area (Å²) in [6.07, 6.45) is 7.34. The lowest BCUT2D eigenvalue weighted by atomic mass is 9.94. The molecule has 32 heavy (non-hydrogen) atoms. The molecule has 5 atom stereocenters. The van der Waals surface area contributed by atoms with Gasteiger partial charge in [0.1, 0.15) is 18.3 Å². The van der Waals surface area contributed by atoms with Crippen LogP contribution in [0.1, 0.15) is 64.2 Å². The van der Waals surface area contributed by atoms with Crippen LogP contribution in [0, 0.1) is 3.57 Å². The van der Waals surface area contributed by atoms with E-state index in [2.05, 4.69) is 27.9 Å². The Morgan fingerprint density at radius 1 is 0.812 bits per heavy atom. The molecule has 1 aromatic carbocycles. The summed E-state index contributed by atoms with van der Waals surface area (Å²) < 4.78 is 33.3. The molecule has 0 bridgehead atoms. The summed E-state index contributed by atoms with van der Waals surface area (Å²) in [5.74, 6) is -1.49. The van der Waals surface area contributed by atoms with Crippen LogP contribution in [-0.2, 0) is 28.5 Å². The Labute approximate surface area is 202 Å². The lowest BCUT2D eigenvalue weighted by molar-refractivity contribution is -0.246. The molecular formula is C24H30INO6. The number of carbonyl (C=O) groups excluding carboxylic acids is 1. The summed E-state index contributed by atoms with van der Waals surface area (Å²) in [4.78, 5) is 13.4. The highest BCUT2D eigenvalue weighted by Gasteiger charge is 2.65. The van der Waals surface area contributed by atoms with Gasteiger partial charge in [0, 0.05) is 29.3 Å². The minimum Gasteiger partial charge on any atom is -0.341 e. The zero-order valence-electron chi connectivity index (χ0n) is 18.1. The van der Waals surface area contributed by atoms with Crippen LogP contribution < -0.4 is 5.32 Å². The lowest BCUT2D eigenvalue weighted by Crippen LogP contribution is -2.58. The highest BCUT2D eigenvalue weighted by atomic mass is 127. The first-order valence-corrected chi connectivity index (χ1v) is 13.1. The number of fused-ring (bicyclic) bond motifs is 3. The van der Waals surface area contributed by atoms with E-state index in [4.69, 9.17) is 23.7 Å².